The number of hydrogen-bond acceptors (Lipinski definition) is 3. The van der Waals surface area contributed by atoms with E-state index in [1.165, 1.54) is 49.8 Å². The van der Waals surface area contributed by atoms with Crippen molar-refractivity contribution in [3.05, 3.63) is 23.3 Å². The van der Waals surface area contributed by atoms with Gasteiger partial charge in [0.15, 0.2) is 0 Å². The summed E-state index contributed by atoms with van der Waals surface area (Å²) >= 11 is 0. The molecule has 1 heterocycles. The largest absolute Gasteiger partial charge is 0.310 e. The van der Waals surface area contributed by atoms with Crippen LogP contribution < -0.4 is 5.32 Å². The lowest BCUT2D eigenvalue weighted by molar-refractivity contribution is 0.488. The summed E-state index contributed by atoms with van der Waals surface area (Å²) < 4.78 is 0. The first-order valence-electron chi connectivity index (χ1n) is 7.47. The minimum atomic E-state index is 0.482. The molecule has 1 fully saturated rings. The van der Waals surface area contributed by atoms with E-state index in [4.69, 9.17) is 4.98 Å². The first-order valence-corrected chi connectivity index (χ1v) is 7.47. The van der Waals surface area contributed by atoms with Crippen LogP contribution >= 0.6 is 0 Å². The zero-order valence-corrected chi connectivity index (χ0v) is 11.3. The maximum absolute atomic E-state index is 4.84. The molecule has 0 spiro atoms. The van der Waals surface area contributed by atoms with Crippen molar-refractivity contribution in [2.24, 2.45) is 0 Å². The van der Waals surface area contributed by atoms with Crippen molar-refractivity contribution >= 4 is 0 Å². The lowest BCUT2D eigenvalue weighted by atomic mass is 10.0. The van der Waals surface area contributed by atoms with Gasteiger partial charge in [-0.3, -0.25) is 0 Å². The van der Waals surface area contributed by atoms with Crippen molar-refractivity contribution in [3.63, 3.8) is 0 Å². The van der Waals surface area contributed by atoms with Gasteiger partial charge in [-0.2, -0.15) is 0 Å². The molecule has 2 aliphatic rings. The normalized spacial score (nSPS) is 23.5. The molecular formula is C15H23N3. The van der Waals surface area contributed by atoms with Crippen LogP contribution in [-0.2, 0) is 6.42 Å². The van der Waals surface area contributed by atoms with E-state index in [9.17, 15) is 0 Å². The van der Waals surface area contributed by atoms with E-state index in [2.05, 4.69) is 23.4 Å². The summed E-state index contributed by atoms with van der Waals surface area (Å²) in [6.07, 6.45) is 10.8. The van der Waals surface area contributed by atoms with Gasteiger partial charge in [0, 0.05) is 29.4 Å². The second kappa shape index (κ2) is 5.35. The Balaban J connectivity index is 1.84. The number of aromatic nitrogens is 2. The maximum atomic E-state index is 4.84. The number of fused-ring (bicyclic) bond motifs is 1. The van der Waals surface area contributed by atoms with Gasteiger partial charge in [0.05, 0.1) is 0 Å². The van der Waals surface area contributed by atoms with E-state index in [-0.39, 0.29) is 0 Å². The van der Waals surface area contributed by atoms with Gasteiger partial charge in [0.1, 0.15) is 5.82 Å². The highest BCUT2D eigenvalue weighted by atomic mass is 14.9. The molecule has 18 heavy (non-hydrogen) atoms. The molecule has 0 radical (unpaired) electrons. The third kappa shape index (κ3) is 2.56. The monoisotopic (exact) mass is 245 g/mol. The number of hydrogen-bond donors (Lipinski definition) is 1. The van der Waals surface area contributed by atoms with Crippen molar-refractivity contribution in [2.75, 3.05) is 6.54 Å². The molecule has 1 unspecified atom stereocenters. The van der Waals surface area contributed by atoms with Crippen LogP contribution in [0.15, 0.2) is 6.20 Å². The van der Waals surface area contributed by atoms with Crippen LogP contribution in [0.1, 0.15) is 74.5 Å². The zero-order valence-electron chi connectivity index (χ0n) is 11.3. The van der Waals surface area contributed by atoms with Gasteiger partial charge in [-0.1, -0.05) is 13.3 Å². The van der Waals surface area contributed by atoms with Gasteiger partial charge in [-0.05, 0) is 45.1 Å². The first kappa shape index (κ1) is 12.1. The standard InChI is InChI=1S/C15H23N3/c1-2-9-16-13-5-3-4-6-14-12(13)10-17-15(18-14)11-7-8-11/h10-11,13,16H,2-9H2,1H3. The van der Waals surface area contributed by atoms with Crippen LogP contribution in [0, 0.1) is 0 Å². The van der Waals surface area contributed by atoms with Gasteiger partial charge >= 0.3 is 0 Å². The van der Waals surface area contributed by atoms with Crippen LogP contribution in [0.2, 0.25) is 0 Å². The predicted molar refractivity (Wildman–Crippen MR) is 72.6 cm³/mol. The molecule has 1 aromatic rings. The fourth-order valence-electron chi connectivity index (χ4n) is 2.80. The van der Waals surface area contributed by atoms with Crippen molar-refractivity contribution in [1.82, 2.24) is 15.3 Å². The van der Waals surface area contributed by atoms with Gasteiger partial charge in [0.2, 0.25) is 0 Å². The third-order valence-corrected chi connectivity index (χ3v) is 4.03. The highest BCUT2D eigenvalue weighted by molar-refractivity contribution is 5.25. The fourth-order valence-corrected chi connectivity index (χ4v) is 2.80. The Hall–Kier alpha value is -0.960. The average Bonchev–Trinajstić information content (AvgIpc) is 3.22. The lowest BCUT2D eigenvalue weighted by Crippen LogP contribution is -2.23. The Bertz CT molecular complexity index is 412. The van der Waals surface area contributed by atoms with Crippen LogP contribution in [0.4, 0.5) is 0 Å². The molecule has 0 saturated heterocycles. The number of rotatable bonds is 4. The van der Waals surface area contributed by atoms with Crippen molar-refractivity contribution < 1.29 is 0 Å². The minimum absolute atomic E-state index is 0.482. The Morgan fingerprint density at radius 2 is 2.17 bits per heavy atom. The topological polar surface area (TPSA) is 37.8 Å². The Morgan fingerprint density at radius 3 is 2.94 bits per heavy atom. The molecule has 3 nitrogen and oxygen atoms in total. The van der Waals surface area contributed by atoms with Crippen LogP contribution in [0.25, 0.3) is 0 Å². The Kier molecular flexibility index (Phi) is 3.59. The summed E-state index contributed by atoms with van der Waals surface area (Å²) in [5.74, 6) is 1.77. The van der Waals surface area contributed by atoms with Gasteiger partial charge < -0.3 is 5.32 Å². The fraction of sp³-hybridized carbons (Fsp3) is 0.733. The summed E-state index contributed by atoms with van der Waals surface area (Å²) in [5.41, 5.74) is 2.68. The summed E-state index contributed by atoms with van der Waals surface area (Å²) in [6.45, 7) is 3.31. The van der Waals surface area contributed by atoms with E-state index in [1.807, 2.05) is 0 Å². The molecule has 1 atom stereocenters. The van der Waals surface area contributed by atoms with E-state index >= 15 is 0 Å². The second-order valence-electron chi connectivity index (χ2n) is 5.66. The first-order chi connectivity index (χ1) is 8.88. The number of nitrogens with zero attached hydrogens (tertiary/aromatic N) is 2. The molecule has 1 N–H and O–H groups in total. The van der Waals surface area contributed by atoms with Crippen molar-refractivity contribution in [1.29, 1.82) is 0 Å². The molecule has 2 aliphatic carbocycles. The Morgan fingerprint density at radius 1 is 1.28 bits per heavy atom. The summed E-state index contributed by atoms with van der Waals surface area (Å²) in [4.78, 5) is 9.45. The molecule has 0 aromatic carbocycles. The van der Waals surface area contributed by atoms with E-state index in [0.717, 1.165) is 18.8 Å². The smallest absolute Gasteiger partial charge is 0.131 e. The van der Waals surface area contributed by atoms with Gasteiger partial charge in [-0.15, -0.1) is 0 Å². The molecule has 3 rings (SSSR count). The van der Waals surface area contributed by atoms with Crippen molar-refractivity contribution in [3.8, 4) is 0 Å². The summed E-state index contributed by atoms with van der Waals surface area (Å²) in [5, 5.41) is 3.65. The molecule has 0 aliphatic heterocycles. The van der Waals surface area contributed by atoms with E-state index in [1.54, 1.807) is 0 Å². The summed E-state index contributed by atoms with van der Waals surface area (Å²) in [6, 6.07) is 0.482. The minimum Gasteiger partial charge on any atom is -0.310 e. The lowest BCUT2D eigenvalue weighted by Gasteiger charge is -2.18. The molecule has 3 heteroatoms. The summed E-state index contributed by atoms with van der Waals surface area (Å²) in [7, 11) is 0. The highest BCUT2D eigenvalue weighted by Crippen LogP contribution is 2.39. The quantitative estimate of drug-likeness (QED) is 0.828. The molecule has 1 aromatic heterocycles. The SMILES string of the molecule is CCCNC1CCCCc2nc(C3CC3)ncc21. The van der Waals surface area contributed by atoms with Crippen LogP contribution in [0.5, 0.6) is 0 Å². The maximum Gasteiger partial charge on any atom is 0.131 e. The highest BCUT2D eigenvalue weighted by Gasteiger charge is 2.28. The van der Waals surface area contributed by atoms with Crippen LogP contribution in [0.3, 0.4) is 0 Å². The second-order valence-corrected chi connectivity index (χ2v) is 5.66. The molecular weight excluding hydrogens is 222 g/mol. The number of nitrogens with one attached hydrogen (secondary N) is 1. The average molecular weight is 245 g/mol. The number of aryl methyl sites for hydroxylation is 1. The molecule has 1 saturated carbocycles. The molecule has 0 amide bonds. The predicted octanol–water partition coefficient (Wildman–Crippen LogP) is 3.12. The third-order valence-electron chi connectivity index (χ3n) is 4.03. The van der Waals surface area contributed by atoms with Gasteiger partial charge in [0.25, 0.3) is 0 Å². The van der Waals surface area contributed by atoms with Gasteiger partial charge in [-0.25, -0.2) is 9.97 Å². The zero-order chi connectivity index (χ0) is 12.4. The molecule has 0 bridgehead atoms. The Labute approximate surface area is 109 Å². The van der Waals surface area contributed by atoms with E-state index < -0.39 is 0 Å². The van der Waals surface area contributed by atoms with Crippen LogP contribution in [-0.4, -0.2) is 16.5 Å². The van der Waals surface area contributed by atoms with Crippen molar-refractivity contribution in [2.45, 2.75) is 63.8 Å². The molecule has 98 valence electrons. The van der Waals surface area contributed by atoms with E-state index in [0.29, 0.717) is 12.0 Å².